The van der Waals surface area contributed by atoms with Gasteiger partial charge in [-0.3, -0.25) is 14.9 Å². The number of non-ortho nitro benzene ring substituents is 1. The van der Waals surface area contributed by atoms with Gasteiger partial charge in [-0.25, -0.2) is 9.50 Å². The Morgan fingerprint density at radius 2 is 1.96 bits per heavy atom. The van der Waals surface area contributed by atoms with Crippen LogP contribution in [-0.4, -0.2) is 30.3 Å². The number of carbonyl (C=O) groups is 1. The second-order valence-electron chi connectivity index (χ2n) is 7.39. The molecule has 3 aromatic rings. The Kier molecular flexibility index (Phi) is 4.18. The van der Waals surface area contributed by atoms with Gasteiger partial charge in [0.1, 0.15) is 0 Å². The molecule has 1 aliphatic rings. The van der Waals surface area contributed by atoms with Gasteiger partial charge in [0, 0.05) is 30.5 Å². The van der Waals surface area contributed by atoms with Gasteiger partial charge < -0.3 is 0 Å². The SMILES string of the molecule is CC1(C)CC(=O)c2cn3nc(SCc4ccc([N+](=O)[O-])cc4)nc3nc2C1. The van der Waals surface area contributed by atoms with Gasteiger partial charge in [-0.2, -0.15) is 4.98 Å². The van der Waals surface area contributed by atoms with E-state index in [1.165, 1.54) is 23.9 Å². The molecule has 27 heavy (non-hydrogen) atoms. The van der Waals surface area contributed by atoms with E-state index in [0.717, 1.165) is 17.7 Å². The fourth-order valence-electron chi connectivity index (χ4n) is 3.17. The van der Waals surface area contributed by atoms with Gasteiger partial charge in [0.15, 0.2) is 5.78 Å². The maximum atomic E-state index is 12.4. The van der Waals surface area contributed by atoms with Crippen molar-refractivity contribution >= 4 is 29.0 Å². The van der Waals surface area contributed by atoms with Gasteiger partial charge >= 0.3 is 0 Å². The highest BCUT2D eigenvalue weighted by Gasteiger charge is 2.32. The third kappa shape index (κ3) is 3.55. The van der Waals surface area contributed by atoms with Crippen molar-refractivity contribution in [1.29, 1.82) is 0 Å². The molecule has 4 rings (SSSR count). The molecule has 0 saturated carbocycles. The van der Waals surface area contributed by atoms with Crippen molar-refractivity contribution in [3.63, 3.8) is 0 Å². The second-order valence-corrected chi connectivity index (χ2v) is 8.34. The molecule has 0 spiro atoms. The lowest BCUT2D eigenvalue weighted by molar-refractivity contribution is -0.384. The normalized spacial score (nSPS) is 15.7. The summed E-state index contributed by atoms with van der Waals surface area (Å²) in [6, 6.07) is 6.41. The van der Waals surface area contributed by atoms with Gasteiger partial charge in [-0.05, 0) is 17.4 Å². The second kappa shape index (κ2) is 6.41. The zero-order valence-electron chi connectivity index (χ0n) is 14.9. The lowest BCUT2D eigenvalue weighted by Crippen LogP contribution is -2.28. The lowest BCUT2D eigenvalue weighted by Gasteiger charge is -2.28. The molecular weight excluding hydrogens is 366 g/mol. The summed E-state index contributed by atoms with van der Waals surface area (Å²) < 4.78 is 1.55. The number of nitro groups is 1. The molecule has 2 aromatic heterocycles. The maximum absolute atomic E-state index is 12.4. The topological polar surface area (TPSA) is 103 Å². The van der Waals surface area contributed by atoms with E-state index in [9.17, 15) is 14.9 Å². The van der Waals surface area contributed by atoms with E-state index in [1.807, 2.05) is 0 Å². The van der Waals surface area contributed by atoms with Crippen molar-refractivity contribution in [2.75, 3.05) is 0 Å². The van der Waals surface area contributed by atoms with Crippen molar-refractivity contribution in [3.05, 3.63) is 57.4 Å². The van der Waals surface area contributed by atoms with E-state index in [0.29, 0.717) is 28.7 Å². The van der Waals surface area contributed by atoms with E-state index in [1.54, 1.807) is 22.8 Å². The Bertz CT molecular complexity index is 1060. The first-order chi connectivity index (χ1) is 12.8. The summed E-state index contributed by atoms with van der Waals surface area (Å²) in [5, 5.41) is 15.7. The van der Waals surface area contributed by atoms with Crippen LogP contribution in [0.3, 0.4) is 0 Å². The monoisotopic (exact) mass is 383 g/mol. The summed E-state index contributed by atoms with van der Waals surface area (Å²) in [5.41, 5.74) is 2.32. The van der Waals surface area contributed by atoms with Gasteiger partial charge in [-0.1, -0.05) is 37.7 Å². The molecular formula is C18H17N5O3S. The van der Waals surface area contributed by atoms with Crippen LogP contribution in [0.15, 0.2) is 35.6 Å². The first-order valence-electron chi connectivity index (χ1n) is 8.46. The third-order valence-electron chi connectivity index (χ3n) is 4.49. The number of carbonyl (C=O) groups excluding carboxylic acids is 1. The number of fused-ring (bicyclic) bond motifs is 2. The van der Waals surface area contributed by atoms with Crippen LogP contribution in [0.5, 0.6) is 0 Å². The minimum absolute atomic E-state index is 0.0666. The number of nitrogens with zero attached hydrogens (tertiary/aromatic N) is 5. The molecule has 2 heterocycles. The Morgan fingerprint density at radius 1 is 1.22 bits per heavy atom. The molecule has 0 aliphatic heterocycles. The minimum atomic E-state index is -0.420. The summed E-state index contributed by atoms with van der Waals surface area (Å²) in [4.78, 5) is 31.7. The van der Waals surface area contributed by atoms with Crippen LogP contribution < -0.4 is 0 Å². The van der Waals surface area contributed by atoms with E-state index >= 15 is 0 Å². The van der Waals surface area contributed by atoms with Crippen LogP contribution >= 0.6 is 11.8 Å². The van der Waals surface area contributed by atoms with Crippen LogP contribution in [0, 0.1) is 15.5 Å². The summed E-state index contributed by atoms with van der Waals surface area (Å²) in [6.45, 7) is 4.13. The molecule has 8 nitrogen and oxygen atoms in total. The van der Waals surface area contributed by atoms with Crippen LogP contribution in [0.25, 0.3) is 5.78 Å². The molecule has 138 valence electrons. The minimum Gasteiger partial charge on any atom is -0.294 e. The summed E-state index contributed by atoms with van der Waals surface area (Å²) in [7, 11) is 0. The molecule has 9 heteroatoms. The molecule has 0 atom stereocenters. The lowest BCUT2D eigenvalue weighted by atomic mass is 9.76. The Labute approximate surface area is 159 Å². The number of thioether (sulfide) groups is 1. The first-order valence-corrected chi connectivity index (χ1v) is 9.45. The van der Waals surface area contributed by atoms with Gasteiger partial charge in [-0.15, -0.1) is 5.10 Å². The van der Waals surface area contributed by atoms with Crippen LogP contribution in [0.4, 0.5) is 5.69 Å². The van der Waals surface area contributed by atoms with Crippen molar-refractivity contribution in [2.24, 2.45) is 5.41 Å². The highest BCUT2D eigenvalue weighted by molar-refractivity contribution is 7.98. The number of Topliss-reactive ketones (excluding diaryl/α,β-unsaturated/α-hetero) is 1. The van der Waals surface area contributed by atoms with Gasteiger partial charge in [0.2, 0.25) is 5.16 Å². The van der Waals surface area contributed by atoms with Crippen molar-refractivity contribution < 1.29 is 9.72 Å². The smallest absolute Gasteiger partial charge is 0.269 e. The molecule has 0 bridgehead atoms. The molecule has 1 aliphatic carbocycles. The van der Waals surface area contributed by atoms with Crippen molar-refractivity contribution in [1.82, 2.24) is 19.6 Å². The Balaban J connectivity index is 1.55. The molecule has 1 aromatic carbocycles. The van der Waals surface area contributed by atoms with Crippen LogP contribution in [0.1, 0.15) is 41.9 Å². The molecule has 0 saturated heterocycles. The fraction of sp³-hybridized carbons (Fsp3) is 0.333. The quantitative estimate of drug-likeness (QED) is 0.386. The number of hydrogen-bond acceptors (Lipinski definition) is 7. The number of ketones is 1. The predicted octanol–water partition coefficient (Wildman–Crippen LogP) is 3.48. The molecule has 0 amide bonds. The van der Waals surface area contributed by atoms with Crippen molar-refractivity contribution in [2.45, 2.75) is 37.6 Å². The highest BCUT2D eigenvalue weighted by Crippen LogP contribution is 2.34. The van der Waals surface area contributed by atoms with E-state index in [-0.39, 0.29) is 16.9 Å². The Morgan fingerprint density at radius 3 is 2.67 bits per heavy atom. The zero-order valence-corrected chi connectivity index (χ0v) is 15.7. The highest BCUT2D eigenvalue weighted by atomic mass is 32.2. The van der Waals surface area contributed by atoms with E-state index in [4.69, 9.17) is 0 Å². The van der Waals surface area contributed by atoms with E-state index < -0.39 is 4.92 Å². The maximum Gasteiger partial charge on any atom is 0.269 e. The Hall–Kier alpha value is -2.81. The summed E-state index contributed by atoms with van der Waals surface area (Å²) in [6.07, 6.45) is 2.96. The molecule has 0 fully saturated rings. The van der Waals surface area contributed by atoms with Crippen molar-refractivity contribution in [3.8, 4) is 0 Å². The average Bonchev–Trinajstić information content (AvgIpc) is 2.99. The number of benzene rings is 1. The fourth-order valence-corrected chi connectivity index (χ4v) is 3.95. The largest absolute Gasteiger partial charge is 0.294 e. The van der Waals surface area contributed by atoms with E-state index in [2.05, 4.69) is 28.9 Å². The number of aromatic nitrogens is 4. The van der Waals surface area contributed by atoms with Crippen LogP contribution in [0.2, 0.25) is 0 Å². The summed E-state index contributed by atoms with van der Waals surface area (Å²) >= 11 is 1.42. The summed E-state index contributed by atoms with van der Waals surface area (Å²) in [5.74, 6) is 1.15. The predicted molar refractivity (Wildman–Crippen MR) is 99.9 cm³/mol. The number of nitro benzene ring substituents is 1. The number of hydrogen-bond donors (Lipinski definition) is 0. The third-order valence-corrected chi connectivity index (χ3v) is 5.40. The van der Waals surface area contributed by atoms with Crippen LogP contribution in [-0.2, 0) is 12.2 Å². The standard InChI is InChI=1S/C18H17N5O3S/c1-18(2)7-14-13(15(24)8-18)9-22-16(19-14)20-17(21-22)27-10-11-3-5-12(6-4-11)23(25)26/h3-6,9H,7-8,10H2,1-2H3. The average molecular weight is 383 g/mol. The first kappa shape index (κ1) is 17.6. The molecule has 0 radical (unpaired) electrons. The van der Waals surface area contributed by atoms with Gasteiger partial charge in [0.25, 0.3) is 11.5 Å². The zero-order chi connectivity index (χ0) is 19.2. The number of rotatable bonds is 4. The molecule has 0 unspecified atom stereocenters. The molecule has 0 N–H and O–H groups in total. The van der Waals surface area contributed by atoms with Gasteiger partial charge in [0.05, 0.1) is 16.2 Å².